The summed E-state index contributed by atoms with van der Waals surface area (Å²) in [5, 5.41) is 13.0. The van der Waals surface area contributed by atoms with E-state index in [9.17, 15) is 14.7 Å². The quantitative estimate of drug-likeness (QED) is 0.871. The van der Waals surface area contributed by atoms with Gasteiger partial charge in [0.15, 0.2) is 0 Å². The van der Waals surface area contributed by atoms with Crippen LogP contribution in [-0.4, -0.2) is 34.0 Å². The molecule has 0 spiro atoms. The molecule has 1 aliphatic heterocycles. The number of aliphatic hydroxyl groups is 1. The van der Waals surface area contributed by atoms with Crippen LogP contribution in [0.4, 0.5) is 0 Å². The number of benzene rings is 1. The maximum absolute atomic E-state index is 12.4. The summed E-state index contributed by atoms with van der Waals surface area (Å²) >= 11 is 0. The molecule has 2 unspecified atom stereocenters. The second kappa shape index (κ2) is 7.18. The smallest absolute Gasteiger partial charge is 0.223 e. The summed E-state index contributed by atoms with van der Waals surface area (Å²) < 4.78 is 0. The second-order valence-corrected chi connectivity index (χ2v) is 6.88. The zero-order valence-corrected chi connectivity index (χ0v) is 14.7. The Labute approximate surface area is 143 Å². The summed E-state index contributed by atoms with van der Waals surface area (Å²) in [7, 11) is 0. The van der Waals surface area contributed by atoms with Crippen molar-refractivity contribution < 1.29 is 14.7 Å². The molecule has 130 valence electrons. The summed E-state index contributed by atoms with van der Waals surface area (Å²) in [6.45, 7) is 7.20. The molecule has 0 aromatic heterocycles. The number of carbonyl (C=O) groups is 2. The zero-order valence-electron chi connectivity index (χ0n) is 14.7. The maximum atomic E-state index is 12.4. The van der Waals surface area contributed by atoms with Crippen LogP contribution in [0.5, 0.6) is 0 Å². The van der Waals surface area contributed by atoms with Gasteiger partial charge in [-0.1, -0.05) is 38.1 Å². The van der Waals surface area contributed by atoms with Crippen molar-refractivity contribution in [2.24, 2.45) is 5.92 Å². The van der Waals surface area contributed by atoms with Gasteiger partial charge in [0.05, 0.1) is 18.1 Å². The van der Waals surface area contributed by atoms with E-state index in [0.29, 0.717) is 0 Å². The minimum absolute atomic E-state index is 0.0323. The van der Waals surface area contributed by atoms with Crippen molar-refractivity contribution >= 4 is 17.9 Å². The highest BCUT2D eigenvalue weighted by molar-refractivity contribution is 5.81. The lowest BCUT2D eigenvalue weighted by Crippen LogP contribution is -2.45. The highest BCUT2D eigenvalue weighted by Gasteiger charge is 2.30. The molecule has 1 aliphatic rings. The summed E-state index contributed by atoms with van der Waals surface area (Å²) in [4.78, 5) is 25.9. The van der Waals surface area contributed by atoms with Gasteiger partial charge < -0.3 is 15.3 Å². The Balaban J connectivity index is 2.12. The van der Waals surface area contributed by atoms with Crippen molar-refractivity contribution in [3.63, 3.8) is 0 Å². The SMILES string of the molecule is CC(=O)N1C=Cc2ccccc2C1CC(=O)NCC(C)(O)C(C)C. The van der Waals surface area contributed by atoms with Gasteiger partial charge in [0.2, 0.25) is 11.8 Å². The second-order valence-electron chi connectivity index (χ2n) is 6.88. The summed E-state index contributed by atoms with van der Waals surface area (Å²) in [5.41, 5.74) is 1.02. The molecule has 2 rings (SSSR count). The van der Waals surface area contributed by atoms with Gasteiger partial charge >= 0.3 is 0 Å². The van der Waals surface area contributed by atoms with E-state index in [1.165, 1.54) is 6.92 Å². The van der Waals surface area contributed by atoms with Crippen molar-refractivity contribution in [1.29, 1.82) is 0 Å². The van der Waals surface area contributed by atoms with Crippen LogP contribution < -0.4 is 5.32 Å². The fourth-order valence-electron chi connectivity index (χ4n) is 2.64. The minimum Gasteiger partial charge on any atom is -0.388 e. The van der Waals surface area contributed by atoms with Gasteiger partial charge in [-0.05, 0) is 30.0 Å². The third-order valence-corrected chi connectivity index (χ3v) is 4.74. The van der Waals surface area contributed by atoms with Gasteiger partial charge in [-0.15, -0.1) is 0 Å². The van der Waals surface area contributed by atoms with Crippen molar-refractivity contribution in [3.05, 3.63) is 41.6 Å². The number of hydrogen-bond acceptors (Lipinski definition) is 3. The van der Waals surface area contributed by atoms with E-state index in [1.807, 2.05) is 44.2 Å². The monoisotopic (exact) mass is 330 g/mol. The predicted octanol–water partition coefficient (Wildman–Crippen LogP) is 2.47. The number of nitrogens with one attached hydrogen (secondary N) is 1. The Morgan fingerprint density at radius 1 is 1.33 bits per heavy atom. The van der Waals surface area contributed by atoms with E-state index in [4.69, 9.17) is 0 Å². The molecule has 0 saturated heterocycles. The highest BCUT2D eigenvalue weighted by Crippen LogP contribution is 2.32. The molecule has 0 bridgehead atoms. The third kappa shape index (κ3) is 4.03. The molecule has 0 fully saturated rings. The van der Waals surface area contributed by atoms with Crippen LogP contribution in [-0.2, 0) is 9.59 Å². The first kappa shape index (κ1) is 18.2. The largest absolute Gasteiger partial charge is 0.388 e. The van der Waals surface area contributed by atoms with Gasteiger partial charge in [0.1, 0.15) is 0 Å². The maximum Gasteiger partial charge on any atom is 0.223 e. The molecule has 5 heteroatoms. The van der Waals surface area contributed by atoms with E-state index in [0.717, 1.165) is 11.1 Å². The normalized spacial score (nSPS) is 18.9. The van der Waals surface area contributed by atoms with Crippen LogP contribution in [0.1, 0.15) is 51.3 Å². The average molecular weight is 330 g/mol. The summed E-state index contributed by atoms with van der Waals surface area (Å²) in [5.74, 6) is -0.255. The first-order valence-electron chi connectivity index (χ1n) is 8.27. The molecule has 1 heterocycles. The molecule has 2 N–H and O–H groups in total. The van der Waals surface area contributed by atoms with Crippen LogP contribution in [0, 0.1) is 5.92 Å². The van der Waals surface area contributed by atoms with Gasteiger partial charge in [0, 0.05) is 19.7 Å². The first-order chi connectivity index (χ1) is 11.2. The Morgan fingerprint density at radius 2 is 2.00 bits per heavy atom. The van der Waals surface area contributed by atoms with Gasteiger partial charge in [-0.25, -0.2) is 0 Å². The fourth-order valence-corrected chi connectivity index (χ4v) is 2.64. The molecule has 2 atom stereocenters. The lowest BCUT2D eigenvalue weighted by molar-refractivity contribution is -0.130. The average Bonchev–Trinajstić information content (AvgIpc) is 2.53. The minimum atomic E-state index is -0.958. The number of nitrogens with zero attached hydrogens (tertiary/aromatic N) is 1. The standard InChI is InChI=1S/C19H26N2O3/c1-13(2)19(4,24)12-20-18(23)11-17-16-8-6-5-7-15(16)9-10-21(17)14(3)22/h5-10,13,17,24H,11-12H2,1-4H3,(H,20,23). The van der Waals surface area contributed by atoms with Crippen LogP contribution in [0.2, 0.25) is 0 Å². The number of hydrogen-bond donors (Lipinski definition) is 2. The Morgan fingerprint density at radius 3 is 2.62 bits per heavy atom. The van der Waals surface area contributed by atoms with Crippen LogP contribution in [0.15, 0.2) is 30.5 Å². The number of fused-ring (bicyclic) bond motifs is 1. The van der Waals surface area contributed by atoms with Crippen molar-refractivity contribution in [2.45, 2.75) is 45.8 Å². The number of amides is 2. The highest BCUT2D eigenvalue weighted by atomic mass is 16.3. The third-order valence-electron chi connectivity index (χ3n) is 4.74. The topological polar surface area (TPSA) is 69.6 Å². The predicted molar refractivity (Wildman–Crippen MR) is 93.8 cm³/mol. The Kier molecular flexibility index (Phi) is 5.44. The van der Waals surface area contributed by atoms with Crippen LogP contribution >= 0.6 is 0 Å². The molecule has 1 aromatic carbocycles. The van der Waals surface area contributed by atoms with Crippen LogP contribution in [0.3, 0.4) is 0 Å². The number of carbonyl (C=O) groups excluding carboxylic acids is 2. The molecule has 24 heavy (non-hydrogen) atoms. The molecule has 0 radical (unpaired) electrons. The molecule has 5 nitrogen and oxygen atoms in total. The van der Waals surface area contributed by atoms with Gasteiger partial charge in [0.25, 0.3) is 0 Å². The molecular formula is C19H26N2O3. The number of rotatable bonds is 5. The fraction of sp³-hybridized carbons (Fsp3) is 0.474. The summed E-state index contributed by atoms with van der Waals surface area (Å²) in [6, 6.07) is 7.43. The Hall–Kier alpha value is -2.14. The summed E-state index contributed by atoms with van der Waals surface area (Å²) in [6.07, 6.45) is 3.77. The Bertz CT molecular complexity index is 650. The van der Waals surface area contributed by atoms with Crippen LogP contribution in [0.25, 0.3) is 6.08 Å². The molecule has 1 aromatic rings. The van der Waals surface area contributed by atoms with E-state index in [2.05, 4.69) is 5.32 Å². The van der Waals surface area contributed by atoms with Crippen molar-refractivity contribution in [3.8, 4) is 0 Å². The zero-order chi connectivity index (χ0) is 17.9. The lowest BCUT2D eigenvalue weighted by Gasteiger charge is -2.33. The van der Waals surface area contributed by atoms with E-state index in [1.54, 1.807) is 18.0 Å². The molecular weight excluding hydrogens is 304 g/mol. The molecule has 2 amide bonds. The first-order valence-corrected chi connectivity index (χ1v) is 8.27. The lowest BCUT2D eigenvalue weighted by atomic mass is 9.91. The van der Waals surface area contributed by atoms with Crippen molar-refractivity contribution in [2.75, 3.05) is 6.54 Å². The van der Waals surface area contributed by atoms with E-state index < -0.39 is 5.60 Å². The van der Waals surface area contributed by atoms with E-state index in [-0.39, 0.29) is 36.7 Å². The van der Waals surface area contributed by atoms with Gasteiger partial charge in [-0.2, -0.15) is 0 Å². The molecule has 0 aliphatic carbocycles. The molecule has 0 saturated carbocycles. The van der Waals surface area contributed by atoms with E-state index >= 15 is 0 Å². The van der Waals surface area contributed by atoms with Crippen molar-refractivity contribution in [1.82, 2.24) is 10.2 Å². The van der Waals surface area contributed by atoms with Gasteiger partial charge in [-0.3, -0.25) is 9.59 Å².